The summed E-state index contributed by atoms with van der Waals surface area (Å²) >= 11 is 0. The quantitative estimate of drug-likeness (QED) is 0.329. The second kappa shape index (κ2) is 8.99. The van der Waals surface area contributed by atoms with Gasteiger partial charge in [-0.3, -0.25) is 0 Å². The van der Waals surface area contributed by atoms with E-state index in [2.05, 4.69) is 15.3 Å². The molecule has 1 fully saturated rings. The molecule has 1 aliphatic carbocycles. The minimum atomic E-state index is -3.59. The summed E-state index contributed by atoms with van der Waals surface area (Å²) in [5.41, 5.74) is 2.64. The summed E-state index contributed by atoms with van der Waals surface area (Å²) < 4.78 is 35.7. The van der Waals surface area contributed by atoms with Crippen molar-refractivity contribution in [2.75, 3.05) is 6.26 Å². The third kappa shape index (κ3) is 4.96. The van der Waals surface area contributed by atoms with Gasteiger partial charge in [-0.05, 0) is 51.2 Å². The number of carbonyl (C=O) groups is 1. The molecule has 1 saturated carbocycles. The van der Waals surface area contributed by atoms with E-state index in [9.17, 15) is 13.2 Å². The standard InChI is InChI=1S/C28H29N3O5S/c1-27(2,3)36-26(32)31-28(15-8-16-28)20-13-11-19(12-14-20)23-22(18-9-6-5-7-10-18)21-17-29-25(37(4,33)34)30-24(21)35-23/h5-7,9-14,17H,8,15-16H2,1-4H3,(H,31,32). The van der Waals surface area contributed by atoms with Crippen molar-refractivity contribution in [3.63, 3.8) is 0 Å². The van der Waals surface area contributed by atoms with Crippen LogP contribution in [0.2, 0.25) is 0 Å². The maximum Gasteiger partial charge on any atom is 0.408 e. The van der Waals surface area contributed by atoms with Crippen molar-refractivity contribution in [3.8, 4) is 22.5 Å². The molecule has 0 bridgehead atoms. The van der Waals surface area contributed by atoms with E-state index in [1.807, 2.05) is 75.4 Å². The predicted octanol–water partition coefficient (Wildman–Crippen LogP) is 5.86. The van der Waals surface area contributed by atoms with Crippen LogP contribution in [0.25, 0.3) is 33.6 Å². The first-order chi connectivity index (χ1) is 17.5. The Labute approximate surface area is 216 Å². The normalized spacial score (nSPS) is 15.2. The van der Waals surface area contributed by atoms with Crippen LogP contribution in [-0.2, 0) is 20.1 Å². The highest BCUT2D eigenvalue weighted by Crippen LogP contribution is 2.44. The van der Waals surface area contributed by atoms with E-state index in [0.29, 0.717) is 11.1 Å². The van der Waals surface area contributed by atoms with Crippen LogP contribution >= 0.6 is 0 Å². The van der Waals surface area contributed by atoms with Gasteiger partial charge in [0.25, 0.3) is 0 Å². The van der Waals surface area contributed by atoms with Crippen LogP contribution in [-0.4, -0.2) is 36.3 Å². The van der Waals surface area contributed by atoms with Crippen LogP contribution in [0.5, 0.6) is 0 Å². The molecule has 2 heterocycles. The third-order valence-corrected chi connectivity index (χ3v) is 7.33. The van der Waals surface area contributed by atoms with Crippen molar-refractivity contribution in [2.24, 2.45) is 0 Å². The molecule has 1 N–H and O–H groups in total. The number of benzene rings is 2. The van der Waals surface area contributed by atoms with Gasteiger partial charge < -0.3 is 14.5 Å². The Hall–Kier alpha value is -3.72. The fourth-order valence-corrected chi connectivity index (χ4v) is 5.09. The number of nitrogens with zero attached hydrogens (tertiary/aromatic N) is 2. The molecule has 1 aliphatic rings. The van der Waals surface area contributed by atoms with Gasteiger partial charge in [0, 0.05) is 23.6 Å². The largest absolute Gasteiger partial charge is 0.444 e. The predicted molar refractivity (Wildman–Crippen MR) is 141 cm³/mol. The monoisotopic (exact) mass is 519 g/mol. The number of aromatic nitrogens is 2. The Morgan fingerprint density at radius 1 is 1.03 bits per heavy atom. The number of hydrogen-bond acceptors (Lipinski definition) is 7. The highest BCUT2D eigenvalue weighted by molar-refractivity contribution is 7.90. The van der Waals surface area contributed by atoms with Gasteiger partial charge in [-0.2, -0.15) is 4.98 Å². The Kier molecular flexibility index (Phi) is 6.06. The SMILES string of the molecule is CC(C)(C)OC(=O)NC1(c2ccc(-c3oc4nc(S(C)(=O)=O)ncc4c3-c3ccccc3)cc2)CCC1. The van der Waals surface area contributed by atoms with Crippen molar-refractivity contribution in [2.45, 2.75) is 56.3 Å². The molecular weight excluding hydrogens is 490 g/mol. The van der Waals surface area contributed by atoms with Crippen LogP contribution in [0.1, 0.15) is 45.6 Å². The molecule has 0 aliphatic heterocycles. The minimum absolute atomic E-state index is 0.204. The maximum absolute atomic E-state index is 12.5. The highest BCUT2D eigenvalue weighted by atomic mass is 32.2. The fourth-order valence-electron chi connectivity index (χ4n) is 4.60. The summed E-state index contributed by atoms with van der Waals surface area (Å²) in [7, 11) is -3.59. The zero-order chi connectivity index (χ0) is 26.4. The van der Waals surface area contributed by atoms with E-state index in [-0.39, 0.29) is 10.9 Å². The number of ether oxygens (including phenoxy) is 1. The Morgan fingerprint density at radius 2 is 1.70 bits per heavy atom. The first-order valence-corrected chi connectivity index (χ1v) is 14.0. The van der Waals surface area contributed by atoms with Gasteiger partial charge in [0.15, 0.2) is 0 Å². The van der Waals surface area contributed by atoms with Crippen LogP contribution in [0.4, 0.5) is 4.79 Å². The molecule has 4 aromatic rings. The van der Waals surface area contributed by atoms with Gasteiger partial charge in [-0.25, -0.2) is 18.2 Å². The van der Waals surface area contributed by atoms with Gasteiger partial charge in [0.2, 0.25) is 20.7 Å². The lowest BCUT2D eigenvalue weighted by Gasteiger charge is -2.43. The zero-order valence-electron chi connectivity index (χ0n) is 21.2. The molecule has 0 unspecified atom stereocenters. The summed E-state index contributed by atoms with van der Waals surface area (Å²) in [4.78, 5) is 20.8. The zero-order valence-corrected chi connectivity index (χ0v) is 22.1. The van der Waals surface area contributed by atoms with Gasteiger partial charge in [-0.1, -0.05) is 54.6 Å². The summed E-state index contributed by atoms with van der Waals surface area (Å²) in [5, 5.41) is 3.42. The van der Waals surface area contributed by atoms with Gasteiger partial charge in [-0.15, -0.1) is 0 Å². The average molecular weight is 520 g/mol. The summed E-state index contributed by atoms with van der Waals surface area (Å²) in [6, 6.07) is 17.6. The fraction of sp³-hybridized carbons (Fsp3) is 0.321. The molecule has 9 heteroatoms. The molecule has 192 valence electrons. The summed E-state index contributed by atoms with van der Waals surface area (Å²) in [5.74, 6) is 0.565. The van der Waals surface area contributed by atoms with E-state index < -0.39 is 27.1 Å². The van der Waals surface area contributed by atoms with E-state index in [1.54, 1.807) is 0 Å². The lowest BCUT2D eigenvalue weighted by molar-refractivity contribution is 0.0377. The molecule has 0 saturated heterocycles. The number of carbonyl (C=O) groups excluding carboxylic acids is 1. The van der Waals surface area contributed by atoms with Crippen LogP contribution < -0.4 is 5.32 Å². The van der Waals surface area contributed by atoms with Crippen LogP contribution in [0, 0.1) is 0 Å². The van der Waals surface area contributed by atoms with Crippen molar-refractivity contribution >= 4 is 27.0 Å². The lowest BCUT2D eigenvalue weighted by atomic mass is 9.71. The topological polar surface area (TPSA) is 111 Å². The Morgan fingerprint density at radius 3 is 2.27 bits per heavy atom. The lowest BCUT2D eigenvalue weighted by Crippen LogP contribution is -2.52. The highest BCUT2D eigenvalue weighted by Gasteiger charge is 2.41. The molecule has 2 aromatic carbocycles. The third-order valence-electron chi connectivity index (χ3n) is 6.47. The van der Waals surface area contributed by atoms with Crippen molar-refractivity contribution in [3.05, 3.63) is 66.4 Å². The van der Waals surface area contributed by atoms with E-state index in [4.69, 9.17) is 9.15 Å². The minimum Gasteiger partial charge on any atom is -0.444 e. The van der Waals surface area contributed by atoms with E-state index in [0.717, 1.165) is 47.8 Å². The summed E-state index contributed by atoms with van der Waals surface area (Å²) in [6.07, 6.45) is 4.80. The number of sulfone groups is 1. The molecule has 37 heavy (non-hydrogen) atoms. The van der Waals surface area contributed by atoms with Crippen molar-refractivity contribution < 1.29 is 22.4 Å². The molecule has 5 rings (SSSR count). The molecule has 0 atom stereocenters. The first-order valence-electron chi connectivity index (χ1n) is 12.1. The van der Waals surface area contributed by atoms with E-state index >= 15 is 0 Å². The number of fused-ring (bicyclic) bond motifs is 1. The number of nitrogens with one attached hydrogen (secondary N) is 1. The van der Waals surface area contributed by atoms with Crippen LogP contribution in [0.15, 0.2) is 70.4 Å². The Balaban J connectivity index is 1.55. The molecule has 0 spiro atoms. The van der Waals surface area contributed by atoms with Crippen molar-refractivity contribution in [1.82, 2.24) is 15.3 Å². The second-order valence-corrected chi connectivity index (χ2v) is 12.4. The van der Waals surface area contributed by atoms with Gasteiger partial charge >= 0.3 is 6.09 Å². The maximum atomic E-state index is 12.5. The molecule has 1 amide bonds. The average Bonchev–Trinajstić information content (AvgIpc) is 3.19. The second-order valence-electron chi connectivity index (χ2n) is 10.5. The number of hydrogen-bond donors (Lipinski definition) is 1. The van der Waals surface area contributed by atoms with Gasteiger partial charge in [0.05, 0.1) is 10.9 Å². The number of rotatable bonds is 5. The number of alkyl carbamates (subject to hydrolysis) is 1. The Bertz CT molecular complexity index is 1570. The number of furan rings is 1. The van der Waals surface area contributed by atoms with Crippen molar-refractivity contribution in [1.29, 1.82) is 0 Å². The smallest absolute Gasteiger partial charge is 0.408 e. The number of amides is 1. The summed E-state index contributed by atoms with van der Waals surface area (Å²) in [6.45, 7) is 5.53. The van der Waals surface area contributed by atoms with Crippen LogP contribution in [0.3, 0.4) is 0 Å². The van der Waals surface area contributed by atoms with Gasteiger partial charge in [0.1, 0.15) is 11.4 Å². The first kappa shape index (κ1) is 25.0. The molecule has 2 aromatic heterocycles. The molecular formula is C28H29N3O5S. The molecule has 8 nitrogen and oxygen atoms in total. The molecule has 0 radical (unpaired) electrons. The van der Waals surface area contributed by atoms with E-state index in [1.165, 1.54) is 6.20 Å².